The largest absolute Gasteiger partial charge is 0.354 e. The Morgan fingerprint density at radius 1 is 1.22 bits per heavy atom. The smallest absolute Gasteiger partial charge is 0.258 e. The minimum atomic E-state index is -0.394. The van der Waals surface area contributed by atoms with E-state index in [0.29, 0.717) is 11.7 Å². The monoisotopic (exact) mass is 314 g/mol. The van der Waals surface area contributed by atoms with E-state index in [1.807, 2.05) is 12.1 Å². The number of hydrogen-bond acceptors (Lipinski definition) is 7. The van der Waals surface area contributed by atoms with Gasteiger partial charge in [-0.25, -0.2) is 4.98 Å². The summed E-state index contributed by atoms with van der Waals surface area (Å²) in [6, 6.07) is 3.92. The molecule has 23 heavy (non-hydrogen) atoms. The quantitative estimate of drug-likeness (QED) is 0.912. The number of pyridine rings is 1. The van der Waals surface area contributed by atoms with Crippen LogP contribution in [0.1, 0.15) is 25.1 Å². The van der Waals surface area contributed by atoms with Gasteiger partial charge in [0.2, 0.25) is 0 Å². The molecule has 3 heterocycles. The topological polar surface area (TPSA) is 84.3 Å². The van der Waals surface area contributed by atoms with Gasteiger partial charge in [-0.15, -0.1) is 0 Å². The fraction of sp³-hybridized carbons (Fsp3) is 0.562. The highest BCUT2D eigenvalue weighted by Gasteiger charge is 2.39. The summed E-state index contributed by atoms with van der Waals surface area (Å²) in [6.07, 6.45) is 4.78. The van der Waals surface area contributed by atoms with Crippen molar-refractivity contribution in [3.8, 4) is 11.5 Å². The molecule has 2 N–H and O–H groups in total. The minimum absolute atomic E-state index is 0.394. The third kappa shape index (κ3) is 2.70. The molecule has 1 saturated carbocycles. The molecule has 0 radical (unpaired) electrons. The second kappa shape index (κ2) is 5.58. The number of rotatable bonds is 3. The second-order valence-electron chi connectivity index (χ2n) is 6.63. The third-order valence-corrected chi connectivity index (χ3v) is 4.94. The van der Waals surface area contributed by atoms with Crippen molar-refractivity contribution >= 4 is 5.82 Å². The Balaban J connectivity index is 1.56. The van der Waals surface area contributed by atoms with E-state index in [0.717, 1.165) is 56.8 Å². The molecule has 0 bridgehead atoms. The van der Waals surface area contributed by atoms with Gasteiger partial charge in [-0.05, 0) is 38.4 Å². The van der Waals surface area contributed by atoms with E-state index >= 15 is 0 Å². The van der Waals surface area contributed by atoms with Crippen LogP contribution >= 0.6 is 0 Å². The number of likely N-dealkylation sites (N-methyl/N-ethyl adjacent to an activating group) is 1. The minimum Gasteiger partial charge on any atom is -0.354 e. The second-order valence-corrected chi connectivity index (χ2v) is 6.63. The molecular formula is C16H22N6O. The lowest BCUT2D eigenvalue weighted by atomic mass is 9.77. The Kier molecular flexibility index (Phi) is 3.54. The van der Waals surface area contributed by atoms with Gasteiger partial charge in [0.25, 0.3) is 5.89 Å². The molecule has 2 aromatic rings. The van der Waals surface area contributed by atoms with E-state index < -0.39 is 5.54 Å². The van der Waals surface area contributed by atoms with E-state index in [2.05, 4.69) is 32.0 Å². The van der Waals surface area contributed by atoms with E-state index in [1.54, 1.807) is 6.20 Å². The normalized spacial score (nSPS) is 21.2. The van der Waals surface area contributed by atoms with Gasteiger partial charge in [-0.2, -0.15) is 4.98 Å². The van der Waals surface area contributed by atoms with Gasteiger partial charge >= 0.3 is 0 Å². The molecule has 2 aromatic heterocycles. The van der Waals surface area contributed by atoms with Crippen molar-refractivity contribution in [1.82, 2.24) is 20.0 Å². The van der Waals surface area contributed by atoms with Crippen molar-refractivity contribution < 1.29 is 4.52 Å². The van der Waals surface area contributed by atoms with Crippen molar-refractivity contribution in [2.24, 2.45) is 5.73 Å². The van der Waals surface area contributed by atoms with Crippen molar-refractivity contribution in [2.75, 3.05) is 38.1 Å². The van der Waals surface area contributed by atoms with E-state index in [1.165, 1.54) is 0 Å². The predicted molar refractivity (Wildman–Crippen MR) is 87.0 cm³/mol. The maximum atomic E-state index is 6.27. The van der Waals surface area contributed by atoms with Gasteiger partial charge in [-0.3, -0.25) is 0 Å². The van der Waals surface area contributed by atoms with Gasteiger partial charge < -0.3 is 20.1 Å². The first-order chi connectivity index (χ1) is 11.1. The summed E-state index contributed by atoms with van der Waals surface area (Å²) in [5, 5.41) is 4.09. The van der Waals surface area contributed by atoms with Gasteiger partial charge in [0.15, 0.2) is 5.82 Å². The zero-order valence-electron chi connectivity index (χ0n) is 13.4. The maximum absolute atomic E-state index is 6.27. The van der Waals surface area contributed by atoms with E-state index in [4.69, 9.17) is 10.3 Å². The highest BCUT2D eigenvalue weighted by atomic mass is 16.5. The molecule has 2 aliphatic rings. The number of aromatic nitrogens is 3. The van der Waals surface area contributed by atoms with E-state index in [-0.39, 0.29) is 0 Å². The summed E-state index contributed by atoms with van der Waals surface area (Å²) < 4.78 is 5.44. The van der Waals surface area contributed by atoms with Crippen LogP contribution in [-0.2, 0) is 5.54 Å². The fourth-order valence-corrected chi connectivity index (χ4v) is 3.08. The Labute approximate surface area is 135 Å². The van der Waals surface area contributed by atoms with Crippen molar-refractivity contribution in [3.63, 3.8) is 0 Å². The first kappa shape index (κ1) is 14.6. The number of anilines is 1. The number of hydrogen-bond donors (Lipinski definition) is 1. The highest BCUT2D eigenvalue weighted by Crippen LogP contribution is 2.37. The average molecular weight is 314 g/mol. The number of nitrogens with zero attached hydrogens (tertiary/aromatic N) is 5. The Hall–Kier alpha value is -1.99. The molecule has 1 aliphatic carbocycles. The summed E-state index contributed by atoms with van der Waals surface area (Å²) in [5.74, 6) is 2.10. The Morgan fingerprint density at radius 2 is 2.00 bits per heavy atom. The molecule has 122 valence electrons. The number of nitrogens with two attached hydrogens (primary N) is 1. The standard InChI is InChI=1S/C16H22N6O/c1-21-7-9-22(10-8-21)13-11-12(3-6-18-13)14-19-15(20-23-14)16(17)4-2-5-16/h3,6,11H,2,4-5,7-10,17H2,1H3. The summed E-state index contributed by atoms with van der Waals surface area (Å²) >= 11 is 0. The SMILES string of the molecule is CN1CCN(c2cc(-c3nc(C4(N)CCC4)no3)ccn2)CC1. The molecule has 0 unspecified atom stereocenters. The molecule has 0 amide bonds. The van der Waals surface area contributed by atoms with Crippen LogP contribution in [0.4, 0.5) is 5.82 Å². The van der Waals surface area contributed by atoms with Gasteiger partial charge in [0.1, 0.15) is 5.82 Å². The van der Waals surface area contributed by atoms with Crippen LogP contribution in [0, 0.1) is 0 Å². The van der Waals surface area contributed by atoms with Crippen molar-refractivity contribution in [3.05, 3.63) is 24.2 Å². The fourth-order valence-electron chi connectivity index (χ4n) is 3.08. The number of piperazine rings is 1. The molecule has 7 nitrogen and oxygen atoms in total. The Bertz CT molecular complexity index is 687. The highest BCUT2D eigenvalue weighted by molar-refractivity contribution is 5.58. The van der Waals surface area contributed by atoms with Crippen molar-refractivity contribution in [1.29, 1.82) is 0 Å². The van der Waals surface area contributed by atoms with E-state index in [9.17, 15) is 0 Å². The summed E-state index contributed by atoms with van der Waals surface area (Å²) in [6.45, 7) is 4.06. The third-order valence-electron chi connectivity index (χ3n) is 4.94. The first-order valence-corrected chi connectivity index (χ1v) is 8.17. The molecule has 0 atom stereocenters. The first-order valence-electron chi connectivity index (χ1n) is 8.17. The van der Waals surface area contributed by atoms with Gasteiger partial charge in [-0.1, -0.05) is 5.16 Å². The van der Waals surface area contributed by atoms with Gasteiger partial charge in [0.05, 0.1) is 5.54 Å². The van der Waals surface area contributed by atoms with Crippen LogP contribution in [0.5, 0.6) is 0 Å². The predicted octanol–water partition coefficient (Wildman–Crippen LogP) is 1.22. The molecule has 4 rings (SSSR count). The van der Waals surface area contributed by atoms with Crippen LogP contribution in [0.15, 0.2) is 22.9 Å². The van der Waals surface area contributed by atoms with Crippen LogP contribution in [0.2, 0.25) is 0 Å². The zero-order valence-corrected chi connectivity index (χ0v) is 13.4. The summed E-state index contributed by atoms with van der Waals surface area (Å²) in [4.78, 5) is 13.6. The van der Waals surface area contributed by atoms with Gasteiger partial charge in [0, 0.05) is 37.9 Å². The molecule has 1 saturated heterocycles. The molecule has 0 aromatic carbocycles. The lowest BCUT2D eigenvalue weighted by Gasteiger charge is -2.34. The molecule has 7 heteroatoms. The average Bonchev–Trinajstić information content (AvgIpc) is 3.04. The Morgan fingerprint density at radius 3 is 2.70 bits per heavy atom. The molecule has 2 fully saturated rings. The van der Waals surface area contributed by atoms with Crippen LogP contribution in [0.3, 0.4) is 0 Å². The van der Waals surface area contributed by atoms with Crippen LogP contribution < -0.4 is 10.6 Å². The summed E-state index contributed by atoms with van der Waals surface area (Å²) in [7, 11) is 2.14. The lowest BCUT2D eigenvalue weighted by molar-refractivity contribution is 0.229. The maximum Gasteiger partial charge on any atom is 0.258 e. The molecular weight excluding hydrogens is 292 g/mol. The molecule has 0 spiro atoms. The van der Waals surface area contributed by atoms with Crippen molar-refractivity contribution in [2.45, 2.75) is 24.8 Å². The zero-order chi connectivity index (χ0) is 15.9. The van der Waals surface area contributed by atoms with Crippen LogP contribution in [0.25, 0.3) is 11.5 Å². The summed E-state index contributed by atoms with van der Waals surface area (Å²) in [5.41, 5.74) is 6.77. The lowest BCUT2D eigenvalue weighted by Crippen LogP contribution is -2.44. The molecule has 1 aliphatic heterocycles. The van der Waals surface area contributed by atoms with Crippen LogP contribution in [-0.4, -0.2) is 53.3 Å².